The minimum atomic E-state index is -0.688. The van der Waals surface area contributed by atoms with Gasteiger partial charge in [-0.3, -0.25) is 0 Å². The van der Waals surface area contributed by atoms with Crippen molar-refractivity contribution in [2.45, 2.75) is 31.7 Å². The van der Waals surface area contributed by atoms with Crippen molar-refractivity contribution >= 4 is 0 Å². The summed E-state index contributed by atoms with van der Waals surface area (Å²) in [5.41, 5.74) is 1.05. The van der Waals surface area contributed by atoms with Crippen LogP contribution in [-0.2, 0) is 11.3 Å². The molecule has 0 aliphatic heterocycles. The lowest BCUT2D eigenvalue weighted by Crippen LogP contribution is -2.17. The molecule has 0 radical (unpaired) electrons. The lowest BCUT2D eigenvalue weighted by molar-refractivity contribution is 0.0398. The summed E-state index contributed by atoms with van der Waals surface area (Å²) in [6.45, 7) is 3.98. The average molecular weight is 266 g/mol. The molecule has 1 aromatic rings. The molecule has 19 heavy (non-hydrogen) atoms. The van der Waals surface area contributed by atoms with Crippen LogP contribution in [0.5, 0.6) is 5.75 Å². The van der Waals surface area contributed by atoms with Crippen molar-refractivity contribution in [3.63, 3.8) is 0 Å². The van der Waals surface area contributed by atoms with E-state index in [-0.39, 0.29) is 12.7 Å². The Kier molecular flexibility index (Phi) is 7.18. The minimum Gasteiger partial charge on any atom is -0.497 e. The summed E-state index contributed by atoms with van der Waals surface area (Å²) in [6, 6.07) is 7.66. The first-order valence-electron chi connectivity index (χ1n) is 6.35. The SMILES string of the molecule is C=C[C@@H](CC[C@H](O)CO)OCc1ccc(OC)cc1. The maximum absolute atomic E-state index is 9.29. The molecular weight excluding hydrogens is 244 g/mol. The van der Waals surface area contributed by atoms with Crippen LogP contribution in [0.15, 0.2) is 36.9 Å². The minimum absolute atomic E-state index is 0.122. The summed E-state index contributed by atoms with van der Waals surface area (Å²) >= 11 is 0. The molecule has 0 aromatic heterocycles. The van der Waals surface area contributed by atoms with Crippen molar-refractivity contribution < 1.29 is 19.7 Å². The van der Waals surface area contributed by atoms with Crippen LogP contribution in [0.25, 0.3) is 0 Å². The van der Waals surface area contributed by atoms with E-state index in [1.54, 1.807) is 13.2 Å². The Morgan fingerprint density at radius 2 is 1.95 bits per heavy atom. The van der Waals surface area contributed by atoms with Gasteiger partial charge in [-0.05, 0) is 30.5 Å². The van der Waals surface area contributed by atoms with Crippen molar-refractivity contribution in [3.05, 3.63) is 42.5 Å². The van der Waals surface area contributed by atoms with Gasteiger partial charge in [0, 0.05) is 0 Å². The Morgan fingerprint density at radius 1 is 1.26 bits per heavy atom. The first-order chi connectivity index (χ1) is 9.19. The maximum atomic E-state index is 9.29. The number of aliphatic hydroxyl groups excluding tert-OH is 2. The van der Waals surface area contributed by atoms with Crippen LogP contribution >= 0.6 is 0 Å². The molecule has 0 amide bonds. The topological polar surface area (TPSA) is 58.9 Å². The van der Waals surface area contributed by atoms with E-state index in [1.165, 1.54) is 0 Å². The molecule has 0 saturated heterocycles. The summed E-state index contributed by atoms with van der Waals surface area (Å²) in [6.07, 6.45) is 2.04. The van der Waals surface area contributed by atoms with Crippen molar-refractivity contribution in [1.29, 1.82) is 0 Å². The monoisotopic (exact) mass is 266 g/mol. The summed E-state index contributed by atoms with van der Waals surface area (Å²) in [4.78, 5) is 0. The molecule has 0 aliphatic rings. The van der Waals surface area contributed by atoms with E-state index in [9.17, 15) is 5.11 Å². The number of hydrogen-bond acceptors (Lipinski definition) is 4. The predicted molar refractivity (Wildman–Crippen MR) is 74.1 cm³/mol. The molecule has 0 unspecified atom stereocenters. The highest BCUT2D eigenvalue weighted by Crippen LogP contribution is 2.14. The van der Waals surface area contributed by atoms with Crippen molar-refractivity contribution in [1.82, 2.24) is 0 Å². The zero-order valence-electron chi connectivity index (χ0n) is 11.3. The van der Waals surface area contributed by atoms with E-state index < -0.39 is 6.10 Å². The molecule has 4 heteroatoms. The smallest absolute Gasteiger partial charge is 0.118 e. The van der Waals surface area contributed by atoms with Gasteiger partial charge in [0.25, 0.3) is 0 Å². The molecule has 0 bridgehead atoms. The van der Waals surface area contributed by atoms with Gasteiger partial charge in [-0.25, -0.2) is 0 Å². The van der Waals surface area contributed by atoms with Crippen LogP contribution < -0.4 is 4.74 Å². The highest BCUT2D eigenvalue weighted by molar-refractivity contribution is 5.26. The Hall–Kier alpha value is -1.36. The third-order valence-electron chi connectivity index (χ3n) is 2.88. The highest BCUT2D eigenvalue weighted by Gasteiger charge is 2.09. The molecule has 2 N–H and O–H groups in total. The Balaban J connectivity index is 2.37. The molecule has 0 aliphatic carbocycles. The molecule has 1 rings (SSSR count). The molecule has 1 aromatic carbocycles. The van der Waals surface area contributed by atoms with E-state index >= 15 is 0 Å². The van der Waals surface area contributed by atoms with Gasteiger partial charge in [0.15, 0.2) is 0 Å². The van der Waals surface area contributed by atoms with Gasteiger partial charge in [0.2, 0.25) is 0 Å². The number of methoxy groups -OCH3 is 1. The highest BCUT2D eigenvalue weighted by atomic mass is 16.5. The third-order valence-corrected chi connectivity index (χ3v) is 2.88. The zero-order valence-corrected chi connectivity index (χ0v) is 11.3. The van der Waals surface area contributed by atoms with E-state index in [4.69, 9.17) is 14.6 Å². The standard InChI is InChI=1S/C15H22O4/c1-3-14(9-6-13(17)10-16)19-11-12-4-7-15(18-2)8-5-12/h3-5,7-8,13-14,16-17H,1,6,9-11H2,2H3/t13-,14-/m0/s1. The van der Waals surface area contributed by atoms with Crippen LogP contribution in [0.3, 0.4) is 0 Å². The summed E-state index contributed by atoms with van der Waals surface area (Å²) in [7, 11) is 1.63. The molecule has 0 heterocycles. The van der Waals surface area contributed by atoms with Crippen LogP contribution in [0.4, 0.5) is 0 Å². The van der Waals surface area contributed by atoms with Crippen molar-refractivity contribution in [3.8, 4) is 5.75 Å². The number of hydrogen-bond donors (Lipinski definition) is 2. The second-order valence-corrected chi connectivity index (χ2v) is 4.35. The van der Waals surface area contributed by atoms with Crippen LogP contribution in [0, 0.1) is 0 Å². The largest absolute Gasteiger partial charge is 0.497 e. The van der Waals surface area contributed by atoms with Gasteiger partial charge in [-0.2, -0.15) is 0 Å². The molecule has 0 saturated carbocycles. The van der Waals surface area contributed by atoms with Crippen molar-refractivity contribution in [2.75, 3.05) is 13.7 Å². The number of aliphatic hydroxyl groups is 2. The van der Waals surface area contributed by atoms with Gasteiger partial charge in [-0.1, -0.05) is 18.2 Å². The van der Waals surface area contributed by atoms with Gasteiger partial charge in [0.05, 0.1) is 32.5 Å². The van der Waals surface area contributed by atoms with Crippen LogP contribution in [0.2, 0.25) is 0 Å². The summed E-state index contributed by atoms with van der Waals surface area (Å²) in [5.74, 6) is 0.815. The second kappa shape index (κ2) is 8.69. The number of benzene rings is 1. The quantitative estimate of drug-likeness (QED) is 0.670. The van der Waals surface area contributed by atoms with Gasteiger partial charge < -0.3 is 19.7 Å². The Morgan fingerprint density at radius 3 is 2.47 bits per heavy atom. The van der Waals surface area contributed by atoms with E-state index in [0.29, 0.717) is 19.4 Å². The fraction of sp³-hybridized carbons (Fsp3) is 0.467. The third kappa shape index (κ3) is 5.87. The fourth-order valence-electron chi connectivity index (χ4n) is 1.64. The van der Waals surface area contributed by atoms with E-state index in [0.717, 1.165) is 11.3 Å². The van der Waals surface area contributed by atoms with E-state index in [1.807, 2.05) is 24.3 Å². The predicted octanol–water partition coefficient (Wildman–Crippen LogP) is 1.90. The first kappa shape index (κ1) is 15.7. The summed E-state index contributed by atoms with van der Waals surface area (Å²) < 4.78 is 10.8. The van der Waals surface area contributed by atoms with Crippen LogP contribution in [0.1, 0.15) is 18.4 Å². The maximum Gasteiger partial charge on any atom is 0.118 e. The van der Waals surface area contributed by atoms with Crippen LogP contribution in [-0.4, -0.2) is 36.1 Å². The molecular formula is C15H22O4. The average Bonchev–Trinajstić information content (AvgIpc) is 2.47. The molecule has 2 atom stereocenters. The number of rotatable bonds is 9. The molecule has 0 spiro atoms. The Labute approximate surface area is 114 Å². The molecule has 0 fully saturated rings. The Bertz CT molecular complexity index is 361. The van der Waals surface area contributed by atoms with E-state index in [2.05, 4.69) is 6.58 Å². The first-order valence-corrected chi connectivity index (χ1v) is 6.35. The van der Waals surface area contributed by atoms with Gasteiger partial charge in [-0.15, -0.1) is 6.58 Å². The zero-order chi connectivity index (χ0) is 14.1. The van der Waals surface area contributed by atoms with Gasteiger partial charge >= 0.3 is 0 Å². The van der Waals surface area contributed by atoms with Gasteiger partial charge in [0.1, 0.15) is 5.75 Å². The van der Waals surface area contributed by atoms with Crippen molar-refractivity contribution in [2.24, 2.45) is 0 Å². The second-order valence-electron chi connectivity index (χ2n) is 4.35. The molecule has 4 nitrogen and oxygen atoms in total. The number of ether oxygens (including phenoxy) is 2. The fourth-order valence-corrected chi connectivity index (χ4v) is 1.64. The lowest BCUT2D eigenvalue weighted by atomic mass is 10.1. The summed E-state index contributed by atoms with van der Waals surface area (Å²) in [5, 5.41) is 18.0. The molecule has 106 valence electrons. The normalized spacial score (nSPS) is 13.8. The lowest BCUT2D eigenvalue weighted by Gasteiger charge is -2.15.